The Hall–Kier alpha value is -2.77. The highest BCUT2D eigenvalue weighted by Gasteiger charge is 2.19. The summed E-state index contributed by atoms with van der Waals surface area (Å²) in [7, 11) is 2.32. The summed E-state index contributed by atoms with van der Waals surface area (Å²) in [5, 5.41) is 1.63. The Kier molecular flexibility index (Phi) is 5.58. The van der Waals surface area contributed by atoms with Crippen LogP contribution in [0.3, 0.4) is 0 Å². The molecule has 30 heavy (non-hydrogen) atoms. The number of sulfonamides is 1. The van der Waals surface area contributed by atoms with Gasteiger partial charge in [-0.25, -0.2) is 8.42 Å². The summed E-state index contributed by atoms with van der Waals surface area (Å²) in [4.78, 5) is 6.91. The maximum absolute atomic E-state index is 13.2. The van der Waals surface area contributed by atoms with Crippen LogP contribution in [-0.2, 0) is 10.0 Å². The lowest BCUT2D eigenvalue weighted by Crippen LogP contribution is -2.44. The molecule has 4 rings (SSSR count). The number of rotatable bonds is 5. The Morgan fingerprint density at radius 1 is 0.833 bits per heavy atom. The Morgan fingerprint density at radius 2 is 1.47 bits per heavy atom. The van der Waals surface area contributed by atoms with E-state index >= 15 is 0 Å². The highest BCUT2D eigenvalue weighted by Crippen LogP contribution is 2.31. The number of nitrogens with one attached hydrogen (secondary N) is 1. The molecule has 0 unspecified atom stereocenters. The minimum absolute atomic E-state index is 0.284. The standard InChI is InChI=1S/C23H28N4O2S/c1-25(2)22-8-4-7-21-20(22)6-5-9-23(21)30(28,29)24-18-10-12-19(13-11-18)27-16-14-26(3)15-17-27/h4-13,24H,14-17H2,1-3H3. The Bertz CT molecular complexity index is 1140. The summed E-state index contributed by atoms with van der Waals surface area (Å²) >= 11 is 0. The second-order valence-corrected chi connectivity index (χ2v) is 9.62. The van der Waals surface area contributed by atoms with Crippen LogP contribution < -0.4 is 14.5 Å². The number of nitrogens with zero attached hydrogens (tertiary/aromatic N) is 3. The quantitative estimate of drug-likeness (QED) is 0.680. The van der Waals surface area contributed by atoms with Crippen molar-refractivity contribution >= 4 is 37.9 Å². The molecule has 3 aromatic rings. The second-order valence-electron chi connectivity index (χ2n) is 7.97. The second kappa shape index (κ2) is 8.16. The first-order valence-electron chi connectivity index (χ1n) is 10.1. The van der Waals surface area contributed by atoms with Gasteiger partial charge in [0.2, 0.25) is 0 Å². The molecule has 0 spiro atoms. The van der Waals surface area contributed by atoms with Gasteiger partial charge < -0.3 is 14.7 Å². The van der Waals surface area contributed by atoms with Gasteiger partial charge >= 0.3 is 0 Å². The van der Waals surface area contributed by atoms with Gasteiger partial charge in [-0.3, -0.25) is 4.72 Å². The van der Waals surface area contributed by atoms with Crippen molar-refractivity contribution in [2.45, 2.75) is 4.90 Å². The van der Waals surface area contributed by atoms with E-state index in [9.17, 15) is 8.42 Å². The van der Waals surface area contributed by atoms with E-state index in [1.165, 1.54) is 0 Å². The fourth-order valence-corrected chi connectivity index (χ4v) is 5.19. The molecule has 6 nitrogen and oxygen atoms in total. The first kappa shape index (κ1) is 20.5. The summed E-state index contributed by atoms with van der Waals surface area (Å²) in [6.45, 7) is 4.02. The number of piperazine rings is 1. The van der Waals surface area contributed by atoms with Crippen molar-refractivity contribution in [2.75, 3.05) is 61.8 Å². The third kappa shape index (κ3) is 4.08. The molecule has 1 saturated heterocycles. The van der Waals surface area contributed by atoms with Crippen molar-refractivity contribution in [1.29, 1.82) is 0 Å². The Labute approximate surface area is 178 Å². The average Bonchev–Trinajstić information content (AvgIpc) is 2.73. The van der Waals surface area contributed by atoms with Gasteiger partial charge in [-0.1, -0.05) is 24.3 Å². The molecular formula is C23H28N4O2S. The van der Waals surface area contributed by atoms with Crippen molar-refractivity contribution in [2.24, 2.45) is 0 Å². The lowest BCUT2D eigenvalue weighted by atomic mass is 10.1. The number of benzene rings is 3. The van der Waals surface area contributed by atoms with Gasteiger partial charge in [0, 0.05) is 68.1 Å². The zero-order valence-electron chi connectivity index (χ0n) is 17.7. The monoisotopic (exact) mass is 424 g/mol. The van der Waals surface area contributed by atoms with Crippen LogP contribution in [0.25, 0.3) is 10.8 Å². The summed E-state index contributed by atoms with van der Waals surface area (Å²) in [6.07, 6.45) is 0. The van der Waals surface area contributed by atoms with Gasteiger partial charge in [0.15, 0.2) is 0 Å². The molecule has 0 atom stereocenters. The van der Waals surface area contributed by atoms with Crippen LogP contribution in [0.5, 0.6) is 0 Å². The molecule has 0 aromatic heterocycles. The Morgan fingerprint density at radius 3 is 2.13 bits per heavy atom. The van der Waals surface area contributed by atoms with Gasteiger partial charge in [-0.2, -0.15) is 0 Å². The van der Waals surface area contributed by atoms with Crippen LogP contribution >= 0.6 is 0 Å². The molecule has 0 aliphatic carbocycles. The predicted molar refractivity (Wildman–Crippen MR) is 125 cm³/mol. The minimum Gasteiger partial charge on any atom is -0.377 e. The molecule has 1 N–H and O–H groups in total. The molecular weight excluding hydrogens is 396 g/mol. The number of fused-ring (bicyclic) bond motifs is 1. The number of hydrogen-bond donors (Lipinski definition) is 1. The number of hydrogen-bond acceptors (Lipinski definition) is 5. The van der Waals surface area contributed by atoms with Crippen LogP contribution in [0.1, 0.15) is 0 Å². The van der Waals surface area contributed by atoms with Crippen molar-refractivity contribution in [3.8, 4) is 0 Å². The van der Waals surface area contributed by atoms with Crippen LogP contribution in [0, 0.1) is 0 Å². The smallest absolute Gasteiger partial charge is 0.262 e. The highest BCUT2D eigenvalue weighted by molar-refractivity contribution is 7.93. The van der Waals surface area contributed by atoms with E-state index in [0.29, 0.717) is 11.1 Å². The van der Waals surface area contributed by atoms with Gasteiger partial charge in [0.25, 0.3) is 10.0 Å². The maximum Gasteiger partial charge on any atom is 0.262 e. The minimum atomic E-state index is -3.72. The first-order chi connectivity index (χ1) is 14.3. The lowest BCUT2D eigenvalue weighted by molar-refractivity contribution is 0.313. The molecule has 0 radical (unpaired) electrons. The van der Waals surface area contributed by atoms with E-state index in [4.69, 9.17) is 0 Å². The van der Waals surface area contributed by atoms with Gasteiger partial charge in [-0.05, 0) is 43.4 Å². The molecule has 158 valence electrons. The lowest BCUT2D eigenvalue weighted by Gasteiger charge is -2.34. The normalized spacial score (nSPS) is 15.4. The molecule has 0 amide bonds. The van der Waals surface area contributed by atoms with Gasteiger partial charge in [-0.15, -0.1) is 0 Å². The van der Waals surface area contributed by atoms with Crippen molar-refractivity contribution < 1.29 is 8.42 Å². The largest absolute Gasteiger partial charge is 0.377 e. The molecule has 7 heteroatoms. The van der Waals surface area contributed by atoms with Crippen LogP contribution in [0.15, 0.2) is 65.6 Å². The zero-order valence-corrected chi connectivity index (χ0v) is 18.5. The van der Waals surface area contributed by atoms with Crippen molar-refractivity contribution in [1.82, 2.24) is 4.90 Å². The molecule has 0 bridgehead atoms. The summed E-state index contributed by atoms with van der Waals surface area (Å²) in [6, 6.07) is 18.8. The summed E-state index contributed by atoms with van der Waals surface area (Å²) in [5.41, 5.74) is 2.67. The van der Waals surface area contributed by atoms with E-state index in [-0.39, 0.29) is 4.90 Å². The van der Waals surface area contributed by atoms with E-state index in [1.54, 1.807) is 12.1 Å². The fourth-order valence-electron chi connectivity index (χ4n) is 3.90. The molecule has 1 aliphatic rings. The molecule has 1 aliphatic heterocycles. The SMILES string of the molecule is CN1CCN(c2ccc(NS(=O)(=O)c3cccc4c(N(C)C)cccc34)cc2)CC1. The summed E-state index contributed by atoms with van der Waals surface area (Å²) in [5.74, 6) is 0. The average molecular weight is 425 g/mol. The molecule has 0 saturated carbocycles. The van der Waals surface area contributed by atoms with Gasteiger partial charge in [0.05, 0.1) is 4.90 Å². The van der Waals surface area contributed by atoms with Crippen molar-refractivity contribution in [3.05, 3.63) is 60.7 Å². The van der Waals surface area contributed by atoms with Crippen molar-refractivity contribution in [3.63, 3.8) is 0 Å². The third-order valence-electron chi connectivity index (χ3n) is 5.62. The number of likely N-dealkylation sites (N-methyl/N-ethyl adjacent to an activating group) is 1. The van der Waals surface area contributed by atoms with E-state index in [0.717, 1.165) is 42.9 Å². The topological polar surface area (TPSA) is 55.9 Å². The molecule has 1 fully saturated rings. The maximum atomic E-state index is 13.2. The van der Waals surface area contributed by atoms with E-state index in [2.05, 4.69) is 21.6 Å². The highest BCUT2D eigenvalue weighted by atomic mass is 32.2. The Balaban J connectivity index is 1.60. The van der Waals surface area contributed by atoms with Crippen LogP contribution in [-0.4, -0.2) is 60.6 Å². The van der Waals surface area contributed by atoms with Gasteiger partial charge in [0.1, 0.15) is 0 Å². The summed E-state index contributed by atoms with van der Waals surface area (Å²) < 4.78 is 29.1. The molecule has 1 heterocycles. The van der Waals surface area contributed by atoms with E-state index < -0.39 is 10.0 Å². The van der Waals surface area contributed by atoms with Crippen LogP contribution in [0.2, 0.25) is 0 Å². The van der Waals surface area contributed by atoms with Crippen LogP contribution in [0.4, 0.5) is 17.1 Å². The van der Waals surface area contributed by atoms with E-state index in [1.807, 2.05) is 67.5 Å². The predicted octanol–water partition coefficient (Wildman–Crippen LogP) is 3.46. The first-order valence-corrected chi connectivity index (χ1v) is 11.6. The zero-order chi connectivity index (χ0) is 21.3. The third-order valence-corrected chi connectivity index (χ3v) is 7.06. The fraction of sp³-hybridized carbons (Fsp3) is 0.304. The molecule has 3 aromatic carbocycles. The number of anilines is 3.